The average Bonchev–Trinajstić information content (AvgIpc) is 3.34. The van der Waals surface area contributed by atoms with Crippen LogP contribution in [0.3, 0.4) is 0 Å². The standard InChI is InChI=1S/C26H31N3O4/c27-23(30)9-4-10-24(33-22-7-2-1-3-8-22)29-16-17-32-26(29)20-13-11-19(12-14-20)25(31)21-6-5-15-28-18-21/h5-6,11-18,22,24,26H,1-4,7-10H2,(H2,27,30). The maximum atomic E-state index is 12.7. The van der Waals surface area contributed by atoms with Crippen LogP contribution in [0.15, 0.2) is 61.3 Å². The number of hydrogen-bond donors (Lipinski definition) is 1. The molecule has 1 aromatic carbocycles. The number of ketones is 1. The Labute approximate surface area is 194 Å². The number of nitrogens with zero attached hydrogens (tertiary/aromatic N) is 2. The largest absolute Gasteiger partial charge is 0.472 e. The van der Waals surface area contributed by atoms with Crippen molar-refractivity contribution in [3.05, 3.63) is 77.9 Å². The molecule has 2 N–H and O–H groups in total. The van der Waals surface area contributed by atoms with Crippen LogP contribution in [-0.2, 0) is 14.3 Å². The number of ether oxygens (including phenoxy) is 2. The molecule has 2 aliphatic rings. The Balaban J connectivity index is 1.47. The summed E-state index contributed by atoms with van der Waals surface area (Å²) >= 11 is 0. The third kappa shape index (κ3) is 5.99. The lowest BCUT2D eigenvalue weighted by molar-refractivity contribution is -0.135. The normalized spacial score (nSPS) is 19.3. The van der Waals surface area contributed by atoms with Crippen LogP contribution in [0.2, 0.25) is 0 Å². The van der Waals surface area contributed by atoms with Gasteiger partial charge in [-0.25, -0.2) is 0 Å². The zero-order valence-electron chi connectivity index (χ0n) is 18.8. The first kappa shape index (κ1) is 23.0. The van der Waals surface area contributed by atoms with Gasteiger partial charge in [0.25, 0.3) is 0 Å². The topological polar surface area (TPSA) is 94.8 Å². The fourth-order valence-corrected chi connectivity index (χ4v) is 4.45. The highest BCUT2D eigenvalue weighted by molar-refractivity contribution is 6.08. The number of hydrogen-bond acceptors (Lipinski definition) is 6. The van der Waals surface area contributed by atoms with E-state index in [1.54, 1.807) is 30.8 Å². The first-order valence-electron chi connectivity index (χ1n) is 11.7. The number of benzene rings is 1. The maximum Gasteiger partial charge on any atom is 0.217 e. The molecule has 7 nitrogen and oxygen atoms in total. The minimum Gasteiger partial charge on any atom is -0.472 e. The van der Waals surface area contributed by atoms with Gasteiger partial charge in [0, 0.05) is 41.7 Å². The molecule has 2 atom stereocenters. The summed E-state index contributed by atoms with van der Waals surface area (Å²) in [6.45, 7) is 0. The summed E-state index contributed by atoms with van der Waals surface area (Å²) in [5.74, 6) is -0.369. The van der Waals surface area contributed by atoms with Crippen molar-refractivity contribution in [2.75, 3.05) is 0 Å². The van der Waals surface area contributed by atoms with Gasteiger partial charge in [-0.2, -0.15) is 0 Å². The molecule has 33 heavy (non-hydrogen) atoms. The molecule has 1 aliphatic carbocycles. The van der Waals surface area contributed by atoms with Crippen LogP contribution in [0.5, 0.6) is 0 Å². The SMILES string of the molecule is NC(=O)CCCC(OC1CCCCC1)N1C=COC1c1ccc(C(=O)c2cccnc2)cc1. The van der Waals surface area contributed by atoms with Crippen molar-refractivity contribution in [1.82, 2.24) is 9.88 Å². The Kier molecular flexibility index (Phi) is 7.73. The van der Waals surface area contributed by atoms with Crippen molar-refractivity contribution >= 4 is 11.7 Å². The van der Waals surface area contributed by atoms with Gasteiger partial charge in [-0.1, -0.05) is 43.5 Å². The van der Waals surface area contributed by atoms with Crippen molar-refractivity contribution < 1.29 is 19.1 Å². The second kappa shape index (κ2) is 11.1. The van der Waals surface area contributed by atoms with E-state index in [1.165, 1.54) is 19.3 Å². The number of pyridine rings is 1. The summed E-state index contributed by atoms with van der Waals surface area (Å²) < 4.78 is 12.4. The summed E-state index contributed by atoms with van der Waals surface area (Å²) in [6, 6.07) is 11.0. The van der Waals surface area contributed by atoms with Crippen molar-refractivity contribution in [3.63, 3.8) is 0 Å². The number of carbonyl (C=O) groups excluding carboxylic acids is 2. The number of aromatic nitrogens is 1. The van der Waals surface area contributed by atoms with Gasteiger partial charge in [-0.3, -0.25) is 14.6 Å². The highest BCUT2D eigenvalue weighted by Crippen LogP contribution is 2.34. The van der Waals surface area contributed by atoms with Crippen LogP contribution in [0.4, 0.5) is 0 Å². The first-order chi connectivity index (χ1) is 16.1. The molecule has 0 saturated heterocycles. The third-order valence-electron chi connectivity index (χ3n) is 6.20. The minimum absolute atomic E-state index is 0.0677. The van der Waals surface area contributed by atoms with E-state index in [0.717, 1.165) is 18.4 Å². The zero-order chi connectivity index (χ0) is 23.0. The summed E-state index contributed by atoms with van der Waals surface area (Å²) in [6.07, 6.45) is 13.8. The van der Waals surface area contributed by atoms with E-state index in [4.69, 9.17) is 15.2 Å². The van der Waals surface area contributed by atoms with Crippen LogP contribution in [0.1, 0.15) is 79.1 Å². The summed E-state index contributed by atoms with van der Waals surface area (Å²) in [4.78, 5) is 30.0. The van der Waals surface area contributed by atoms with Gasteiger partial charge < -0.3 is 20.1 Å². The average molecular weight is 450 g/mol. The molecule has 1 saturated carbocycles. The second-order valence-electron chi connectivity index (χ2n) is 8.62. The van der Waals surface area contributed by atoms with Gasteiger partial charge in [0.15, 0.2) is 12.0 Å². The highest BCUT2D eigenvalue weighted by atomic mass is 16.5. The van der Waals surface area contributed by atoms with E-state index in [0.29, 0.717) is 30.4 Å². The molecule has 2 unspecified atom stereocenters. The monoisotopic (exact) mass is 449 g/mol. The summed E-state index contributed by atoms with van der Waals surface area (Å²) in [5.41, 5.74) is 7.43. The lowest BCUT2D eigenvalue weighted by atomic mass is 9.97. The van der Waals surface area contributed by atoms with Crippen molar-refractivity contribution in [3.8, 4) is 0 Å². The summed E-state index contributed by atoms with van der Waals surface area (Å²) in [5, 5.41) is 0. The van der Waals surface area contributed by atoms with Crippen LogP contribution in [0, 0.1) is 0 Å². The zero-order valence-corrected chi connectivity index (χ0v) is 18.8. The Morgan fingerprint density at radius 3 is 2.61 bits per heavy atom. The Morgan fingerprint density at radius 1 is 1.12 bits per heavy atom. The molecule has 7 heteroatoms. The molecule has 2 aromatic rings. The minimum atomic E-state index is -0.352. The fraction of sp³-hybridized carbons (Fsp3) is 0.423. The van der Waals surface area contributed by atoms with E-state index >= 15 is 0 Å². The predicted octanol–water partition coefficient (Wildman–Crippen LogP) is 4.45. The highest BCUT2D eigenvalue weighted by Gasteiger charge is 2.32. The van der Waals surface area contributed by atoms with Crippen LogP contribution >= 0.6 is 0 Å². The summed E-state index contributed by atoms with van der Waals surface area (Å²) in [7, 11) is 0. The Hall–Kier alpha value is -3.19. The molecule has 1 amide bonds. The maximum absolute atomic E-state index is 12.7. The number of nitrogens with two attached hydrogens (primary N) is 1. The fourth-order valence-electron chi connectivity index (χ4n) is 4.45. The van der Waals surface area contributed by atoms with Gasteiger partial charge >= 0.3 is 0 Å². The molecule has 4 rings (SSSR count). The van der Waals surface area contributed by atoms with E-state index in [-0.39, 0.29) is 30.3 Å². The van der Waals surface area contributed by atoms with Gasteiger partial charge in [0.1, 0.15) is 12.5 Å². The molecule has 174 valence electrons. The third-order valence-corrected chi connectivity index (χ3v) is 6.20. The van der Waals surface area contributed by atoms with Gasteiger partial charge in [0.2, 0.25) is 5.91 Å². The molecule has 0 bridgehead atoms. The molecule has 0 radical (unpaired) electrons. The van der Waals surface area contributed by atoms with E-state index in [2.05, 4.69) is 9.88 Å². The van der Waals surface area contributed by atoms with E-state index in [1.807, 2.05) is 30.5 Å². The van der Waals surface area contributed by atoms with E-state index < -0.39 is 0 Å². The molecule has 0 spiro atoms. The molecule has 1 aromatic heterocycles. The van der Waals surface area contributed by atoms with Gasteiger partial charge in [0.05, 0.1) is 6.10 Å². The quantitative estimate of drug-likeness (QED) is 0.539. The van der Waals surface area contributed by atoms with Gasteiger partial charge in [-0.05, 0) is 37.8 Å². The smallest absolute Gasteiger partial charge is 0.217 e. The Morgan fingerprint density at radius 2 is 1.91 bits per heavy atom. The van der Waals surface area contributed by atoms with Gasteiger partial charge in [-0.15, -0.1) is 0 Å². The van der Waals surface area contributed by atoms with E-state index in [9.17, 15) is 9.59 Å². The number of rotatable bonds is 10. The van der Waals surface area contributed by atoms with Crippen molar-refractivity contribution in [1.29, 1.82) is 0 Å². The molecular weight excluding hydrogens is 418 g/mol. The lowest BCUT2D eigenvalue weighted by Gasteiger charge is -2.36. The van der Waals surface area contributed by atoms with Crippen LogP contribution in [0.25, 0.3) is 0 Å². The molecular formula is C26H31N3O4. The predicted molar refractivity (Wildman–Crippen MR) is 124 cm³/mol. The van der Waals surface area contributed by atoms with Crippen LogP contribution < -0.4 is 5.73 Å². The molecule has 2 heterocycles. The van der Waals surface area contributed by atoms with Crippen molar-refractivity contribution in [2.45, 2.75) is 69.9 Å². The van der Waals surface area contributed by atoms with Crippen LogP contribution in [-0.4, -0.2) is 33.9 Å². The lowest BCUT2D eigenvalue weighted by Crippen LogP contribution is -2.38. The number of amides is 1. The number of primary amides is 1. The molecule has 1 fully saturated rings. The molecule has 1 aliphatic heterocycles. The van der Waals surface area contributed by atoms with Crippen molar-refractivity contribution in [2.24, 2.45) is 5.73 Å². The first-order valence-corrected chi connectivity index (χ1v) is 11.7. The number of carbonyl (C=O) groups is 2. The Bertz CT molecular complexity index is 955. The second-order valence-corrected chi connectivity index (χ2v) is 8.62.